The maximum absolute atomic E-state index is 15.8. The molecule has 0 N–H and O–H groups in total. The first-order valence-corrected chi connectivity index (χ1v) is 12.1. The summed E-state index contributed by atoms with van der Waals surface area (Å²) in [6.45, 7) is 3.02. The number of nitrogens with zero attached hydrogens (tertiary/aromatic N) is 2. The van der Waals surface area contributed by atoms with E-state index in [-0.39, 0.29) is 0 Å². The van der Waals surface area contributed by atoms with Gasteiger partial charge < -0.3 is 22.0 Å². The molecule has 37 heavy (non-hydrogen) atoms. The first-order valence-electron chi connectivity index (χ1n) is 12.1. The van der Waals surface area contributed by atoms with Crippen molar-refractivity contribution >= 4 is 41.4 Å². The lowest BCUT2D eigenvalue weighted by atomic mass is 9.86. The molecule has 4 nitrogen and oxygen atoms in total. The van der Waals surface area contributed by atoms with Gasteiger partial charge in [-0.2, -0.15) is 0 Å². The van der Waals surface area contributed by atoms with Crippen molar-refractivity contribution in [2.75, 3.05) is 0 Å². The van der Waals surface area contributed by atoms with E-state index in [9.17, 15) is 4.79 Å². The molecule has 2 aromatic heterocycles. The van der Waals surface area contributed by atoms with Crippen LogP contribution in [-0.4, -0.2) is 21.6 Å². The second kappa shape index (κ2) is 8.04. The van der Waals surface area contributed by atoms with Crippen LogP contribution in [0.25, 0.3) is 28.7 Å². The number of halogens is 2. The number of hydrogen-bond acceptors (Lipinski definition) is 2. The Hall–Kier alpha value is -4.44. The minimum atomic E-state index is -4.05. The van der Waals surface area contributed by atoms with Crippen LogP contribution in [0.2, 0.25) is 0 Å². The lowest BCUT2D eigenvalue weighted by Crippen LogP contribution is -2.51. The van der Waals surface area contributed by atoms with Crippen LogP contribution in [0.3, 0.4) is 0 Å². The number of allylic oxidation sites excluding steroid dienone is 7. The smallest absolute Gasteiger partial charge is 0.422 e. The van der Waals surface area contributed by atoms with E-state index in [0.717, 1.165) is 36.6 Å². The summed E-state index contributed by atoms with van der Waals surface area (Å²) < 4.78 is 39.5. The van der Waals surface area contributed by atoms with Crippen molar-refractivity contribution < 1.29 is 17.5 Å². The SMILES string of the molecule is CC1=CC(C)=[N+]2C1=C(/C=C/c1cc3cc4c(cc3oc1=O)C#C/C=C\C=C4)c1c(C)cc(C)n1[B-]2(F)F. The van der Waals surface area contributed by atoms with Crippen molar-refractivity contribution in [1.82, 2.24) is 4.48 Å². The summed E-state index contributed by atoms with van der Waals surface area (Å²) in [7, 11) is 0. The average Bonchev–Trinajstić information content (AvgIpc) is 3.29. The molecule has 0 saturated heterocycles. The normalized spacial score (nSPS) is 18.3. The minimum absolute atomic E-state index is 0.337. The summed E-state index contributed by atoms with van der Waals surface area (Å²) in [5.74, 6) is 6.02. The van der Waals surface area contributed by atoms with Crippen molar-refractivity contribution in [2.45, 2.75) is 27.7 Å². The molecule has 0 spiro atoms. The fraction of sp³-hybridized carbons (Fsp3) is 0.133. The van der Waals surface area contributed by atoms with E-state index >= 15 is 8.63 Å². The zero-order chi connectivity index (χ0) is 26.1. The van der Waals surface area contributed by atoms with E-state index in [1.54, 1.807) is 56.4 Å². The quantitative estimate of drug-likeness (QED) is 0.241. The highest BCUT2D eigenvalue weighted by molar-refractivity contribution is 6.58. The van der Waals surface area contributed by atoms with Gasteiger partial charge in [0.2, 0.25) is 0 Å². The van der Waals surface area contributed by atoms with Gasteiger partial charge in [0, 0.05) is 35.2 Å². The van der Waals surface area contributed by atoms with Crippen LogP contribution in [-0.2, 0) is 0 Å². The Morgan fingerprint density at radius 1 is 1.05 bits per heavy atom. The summed E-state index contributed by atoms with van der Waals surface area (Å²) in [5, 5.41) is 0.753. The fourth-order valence-electron chi connectivity index (χ4n) is 5.62. The number of benzene rings is 1. The van der Waals surface area contributed by atoms with Gasteiger partial charge in [0.25, 0.3) is 0 Å². The Labute approximate surface area is 213 Å². The first kappa shape index (κ1) is 23.0. The number of fused-ring (bicyclic) bond motifs is 4. The van der Waals surface area contributed by atoms with Crippen molar-refractivity contribution in [3.05, 3.63) is 110 Å². The summed E-state index contributed by atoms with van der Waals surface area (Å²) in [6, 6.07) is 7.25. The molecule has 4 heterocycles. The predicted molar refractivity (Wildman–Crippen MR) is 145 cm³/mol. The molecule has 0 radical (unpaired) electrons. The van der Waals surface area contributed by atoms with E-state index in [0.29, 0.717) is 39.5 Å². The van der Waals surface area contributed by atoms with Crippen LogP contribution in [0.5, 0.6) is 0 Å². The zero-order valence-corrected chi connectivity index (χ0v) is 20.9. The molecule has 0 saturated carbocycles. The molecular formula is C30H23BF2N2O2. The van der Waals surface area contributed by atoms with Crippen molar-refractivity contribution in [2.24, 2.45) is 0 Å². The molecule has 2 aliphatic heterocycles. The van der Waals surface area contributed by atoms with Gasteiger partial charge in [-0.05, 0) is 80.1 Å². The molecular weight excluding hydrogens is 469 g/mol. The fourth-order valence-corrected chi connectivity index (χ4v) is 5.62. The highest BCUT2D eigenvalue weighted by atomic mass is 19.2. The summed E-state index contributed by atoms with van der Waals surface area (Å²) in [5.41, 5.74) is 6.06. The Morgan fingerprint density at radius 2 is 1.86 bits per heavy atom. The standard InChI is InChI=1S/C30H23BF2N2O2/c1-18-13-20(3)34-28(18)26(29-19(2)14-21(4)35(29)31(34,32)33)12-11-24-16-25-15-22-9-7-5-6-8-10-23(22)17-27(25)37-30(24)36/h5-7,9,11-17H,1-4H3/b6-5-,7-5?,9-7?,12-11+,22-9?. The Balaban J connectivity index is 1.53. The Morgan fingerprint density at radius 3 is 2.68 bits per heavy atom. The molecule has 0 amide bonds. The Kier molecular flexibility index (Phi) is 5.00. The maximum Gasteiger partial charge on any atom is 0.737 e. The van der Waals surface area contributed by atoms with Gasteiger partial charge in [-0.1, -0.05) is 30.1 Å². The molecule has 0 fully saturated rings. The van der Waals surface area contributed by atoms with Crippen LogP contribution >= 0.6 is 0 Å². The van der Waals surface area contributed by atoms with E-state index in [4.69, 9.17) is 4.42 Å². The second-order valence-electron chi connectivity index (χ2n) is 9.66. The number of rotatable bonds is 2. The topological polar surface area (TPSA) is 38.1 Å². The lowest BCUT2D eigenvalue weighted by molar-refractivity contribution is -0.363. The van der Waals surface area contributed by atoms with Crippen molar-refractivity contribution in [3.8, 4) is 11.8 Å². The summed E-state index contributed by atoms with van der Waals surface area (Å²) in [4.78, 5) is 12.9. The molecule has 0 unspecified atom stereocenters. The summed E-state index contributed by atoms with van der Waals surface area (Å²) in [6.07, 6.45) is 12.7. The van der Waals surface area contributed by atoms with Gasteiger partial charge in [-0.3, -0.25) is 0 Å². The van der Waals surface area contributed by atoms with Gasteiger partial charge in [-0.25, -0.2) is 4.79 Å². The molecule has 3 aromatic rings. The predicted octanol–water partition coefficient (Wildman–Crippen LogP) is 6.24. The van der Waals surface area contributed by atoms with E-state index in [2.05, 4.69) is 11.8 Å². The molecule has 6 rings (SSSR count). The van der Waals surface area contributed by atoms with Crippen LogP contribution in [0.1, 0.15) is 47.5 Å². The molecule has 0 bridgehead atoms. The van der Waals surface area contributed by atoms with E-state index in [1.807, 2.05) is 38.1 Å². The number of aromatic nitrogens is 1. The highest BCUT2D eigenvalue weighted by Crippen LogP contribution is 2.42. The Bertz CT molecular complexity index is 1860. The third kappa shape index (κ3) is 3.44. The van der Waals surface area contributed by atoms with Gasteiger partial charge >= 0.3 is 12.6 Å². The third-order valence-electron chi connectivity index (χ3n) is 7.11. The highest BCUT2D eigenvalue weighted by Gasteiger charge is 2.54. The van der Waals surface area contributed by atoms with Gasteiger partial charge in [0.15, 0.2) is 5.70 Å². The first-order chi connectivity index (χ1) is 17.7. The van der Waals surface area contributed by atoms with Gasteiger partial charge in [0.1, 0.15) is 11.3 Å². The van der Waals surface area contributed by atoms with Crippen molar-refractivity contribution in [1.29, 1.82) is 0 Å². The lowest BCUT2D eigenvalue weighted by Gasteiger charge is -2.33. The second-order valence-corrected chi connectivity index (χ2v) is 9.66. The van der Waals surface area contributed by atoms with Crippen LogP contribution in [0.4, 0.5) is 8.63 Å². The average molecular weight is 492 g/mol. The third-order valence-corrected chi connectivity index (χ3v) is 7.11. The summed E-state index contributed by atoms with van der Waals surface area (Å²) >= 11 is 0. The van der Waals surface area contributed by atoms with E-state index in [1.165, 1.54) is 0 Å². The van der Waals surface area contributed by atoms with Gasteiger partial charge in [-0.15, -0.1) is 0 Å². The van der Waals surface area contributed by atoms with E-state index < -0.39 is 12.6 Å². The molecule has 7 heteroatoms. The number of aryl methyl sites for hydroxylation is 2. The minimum Gasteiger partial charge on any atom is -0.422 e. The van der Waals surface area contributed by atoms with Crippen LogP contribution in [0.15, 0.2) is 75.1 Å². The monoisotopic (exact) mass is 492 g/mol. The van der Waals surface area contributed by atoms with Crippen LogP contribution in [0, 0.1) is 25.7 Å². The van der Waals surface area contributed by atoms with Crippen LogP contribution < -0.4 is 5.63 Å². The molecule has 1 aliphatic carbocycles. The zero-order valence-electron chi connectivity index (χ0n) is 20.9. The molecule has 3 aliphatic rings. The molecule has 182 valence electrons. The number of hydrogen-bond donors (Lipinski definition) is 0. The maximum atomic E-state index is 15.8. The van der Waals surface area contributed by atoms with Crippen molar-refractivity contribution in [3.63, 3.8) is 0 Å². The molecule has 1 aromatic carbocycles. The largest absolute Gasteiger partial charge is 0.737 e. The molecule has 0 atom stereocenters. The van der Waals surface area contributed by atoms with Gasteiger partial charge in [0.05, 0.1) is 11.1 Å².